The number of fused-ring (bicyclic) bond motifs is 1. The maximum absolute atomic E-state index is 12.0. The Labute approximate surface area is 145 Å². The van der Waals surface area contributed by atoms with Gasteiger partial charge in [-0.1, -0.05) is 30.3 Å². The van der Waals surface area contributed by atoms with Crippen LogP contribution in [0.2, 0.25) is 0 Å². The topological polar surface area (TPSA) is 96.9 Å². The number of hydrogen-bond donors (Lipinski definition) is 2. The molecule has 0 saturated carbocycles. The maximum Gasteiger partial charge on any atom is 0.263 e. The minimum absolute atomic E-state index is 0.170. The first-order valence-corrected chi connectivity index (χ1v) is 9.05. The quantitative estimate of drug-likeness (QED) is 0.834. The van der Waals surface area contributed by atoms with E-state index in [1.165, 1.54) is 6.07 Å². The molecule has 1 aliphatic rings. The molecule has 0 aliphatic carbocycles. The van der Waals surface area contributed by atoms with E-state index < -0.39 is 10.0 Å². The van der Waals surface area contributed by atoms with Gasteiger partial charge in [-0.25, -0.2) is 8.42 Å². The number of sulfonamides is 1. The third kappa shape index (κ3) is 3.63. The lowest BCUT2D eigenvalue weighted by molar-refractivity contribution is -0.119. The van der Waals surface area contributed by atoms with Crippen molar-refractivity contribution < 1.29 is 17.9 Å². The fourth-order valence-electron chi connectivity index (χ4n) is 2.50. The van der Waals surface area contributed by atoms with Gasteiger partial charge in [0, 0.05) is 17.7 Å². The van der Waals surface area contributed by atoms with Gasteiger partial charge < -0.3 is 10.1 Å². The van der Waals surface area contributed by atoms with E-state index in [4.69, 9.17) is 4.74 Å². The SMILES string of the molecule is COc1ccccc1CNC(=O)CN=C1NS(=O)(=O)c2ccccc21. The normalized spacial score (nSPS) is 16.1. The van der Waals surface area contributed by atoms with Crippen molar-refractivity contribution in [3.63, 3.8) is 0 Å². The number of amides is 1. The van der Waals surface area contributed by atoms with Crippen molar-refractivity contribution in [2.75, 3.05) is 13.7 Å². The lowest BCUT2D eigenvalue weighted by atomic mass is 10.2. The minimum atomic E-state index is -3.60. The van der Waals surface area contributed by atoms with Crippen LogP contribution in [0, 0.1) is 0 Å². The number of benzene rings is 2. The molecule has 0 radical (unpaired) electrons. The zero-order chi connectivity index (χ0) is 17.9. The molecule has 0 unspecified atom stereocenters. The summed E-state index contributed by atoms with van der Waals surface area (Å²) in [6, 6.07) is 13.9. The smallest absolute Gasteiger partial charge is 0.263 e. The van der Waals surface area contributed by atoms with Crippen molar-refractivity contribution in [1.29, 1.82) is 0 Å². The molecule has 7 nitrogen and oxygen atoms in total. The summed E-state index contributed by atoms with van der Waals surface area (Å²) in [4.78, 5) is 16.3. The summed E-state index contributed by atoms with van der Waals surface area (Å²) in [5.74, 6) is 0.552. The molecule has 130 valence electrons. The summed E-state index contributed by atoms with van der Waals surface area (Å²) in [5.41, 5.74) is 1.32. The van der Waals surface area contributed by atoms with E-state index in [-0.39, 0.29) is 23.2 Å². The monoisotopic (exact) mass is 359 g/mol. The minimum Gasteiger partial charge on any atom is -0.496 e. The van der Waals surface area contributed by atoms with E-state index in [2.05, 4.69) is 15.0 Å². The Bertz CT molecular complexity index is 938. The van der Waals surface area contributed by atoms with Crippen LogP contribution in [-0.4, -0.2) is 33.8 Å². The van der Waals surface area contributed by atoms with E-state index in [1.807, 2.05) is 24.3 Å². The van der Waals surface area contributed by atoms with E-state index in [1.54, 1.807) is 25.3 Å². The Morgan fingerprint density at radius 1 is 1.16 bits per heavy atom. The molecule has 0 spiro atoms. The fourth-order valence-corrected chi connectivity index (χ4v) is 3.75. The number of aliphatic imine (C=N–C) groups is 1. The third-order valence-electron chi connectivity index (χ3n) is 3.71. The van der Waals surface area contributed by atoms with Crippen molar-refractivity contribution in [3.05, 3.63) is 59.7 Å². The summed E-state index contributed by atoms with van der Waals surface area (Å²) in [7, 11) is -2.03. The average molecular weight is 359 g/mol. The number of nitrogens with one attached hydrogen (secondary N) is 2. The van der Waals surface area contributed by atoms with E-state index in [9.17, 15) is 13.2 Å². The molecule has 1 amide bonds. The molecule has 2 aromatic carbocycles. The fraction of sp³-hybridized carbons (Fsp3) is 0.176. The number of nitrogens with zero attached hydrogens (tertiary/aromatic N) is 1. The highest BCUT2D eigenvalue weighted by Crippen LogP contribution is 2.22. The summed E-state index contributed by atoms with van der Waals surface area (Å²) in [6.45, 7) is 0.122. The Hall–Kier alpha value is -2.87. The lowest BCUT2D eigenvalue weighted by Crippen LogP contribution is -2.28. The molecule has 1 aliphatic heterocycles. The molecule has 3 rings (SSSR count). The van der Waals surface area contributed by atoms with Gasteiger partial charge >= 0.3 is 0 Å². The highest BCUT2D eigenvalue weighted by Gasteiger charge is 2.30. The number of para-hydroxylation sites is 1. The first kappa shape index (κ1) is 17.0. The molecule has 1 heterocycles. The Morgan fingerprint density at radius 3 is 2.68 bits per heavy atom. The van der Waals surface area contributed by atoms with Crippen LogP contribution in [0.3, 0.4) is 0 Å². The molecular weight excluding hydrogens is 342 g/mol. The highest BCUT2D eigenvalue weighted by atomic mass is 32.2. The standard InChI is InChI=1S/C17H17N3O4S/c1-24-14-8-4-2-6-12(14)10-18-16(21)11-19-17-13-7-3-5-9-15(13)25(22,23)20-17/h2-9H,10-11H2,1H3,(H,18,21)(H,19,20). The molecule has 0 atom stereocenters. The first-order valence-electron chi connectivity index (χ1n) is 7.56. The number of rotatable bonds is 5. The van der Waals surface area contributed by atoms with Crippen molar-refractivity contribution in [1.82, 2.24) is 10.0 Å². The highest BCUT2D eigenvalue weighted by molar-refractivity contribution is 7.90. The van der Waals surface area contributed by atoms with Crippen molar-refractivity contribution in [2.24, 2.45) is 4.99 Å². The van der Waals surface area contributed by atoms with Crippen molar-refractivity contribution >= 4 is 21.8 Å². The van der Waals surface area contributed by atoms with E-state index in [0.29, 0.717) is 17.9 Å². The van der Waals surface area contributed by atoms with Gasteiger partial charge in [-0.15, -0.1) is 0 Å². The van der Waals surface area contributed by atoms with Crippen LogP contribution in [0.4, 0.5) is 0 Å². The van der Waals surface area contributed by atoms with Gasteiger partial charge in [-0.3, -0.25) is 14.5 Å². The molecule has 0 saturated heterocycles. The van der Waals surface area contributed by atoms with Crippen molar-refractivity contribution in [2.45, 2.75) is 11.4 Å². The lowest BCUT2D eigenvalue weighted by Gasteiger charge is -2.08. The second-order valence-corrected chi connectivity index (χ2v) is 7.01. The van der Waals surface area contributed by atoms with Gasteiger partial charge in [0.2, 0.25) is 5.91 Å². The summed E-state index contributed by atoms with van der Waals surface area (Å²) < 4.78 is 31.6. The maximum atomic E-state index is 12.0. The number of carbonyl (C=O) groups is 1. The van der Waals surface area contributed by atoms with Crippen LogP contribution in [-0.2, 0) is 21.4 Å². The molecule has 25 heavy (non-hydrogen) atoms. The van der Waals surface area contributed by atoms with Crippen LogP contribution in [0.25, 0.3) is 0 Å². The second kappa shape index (κ2) is 6.94. The molecule has 2 N–H and O–H groups in total. The molecule has 0 bridgehead atoms. The van der Waals surface area contributed by atoms with Gasteiger partial charge in [0.05, 0.1) is 12.0 Å². The number of carbonyl (C=O) groups excluding carboxylic acids is 1. The van der Waals surface area contributed by atoms with E-state index in [0.717, 1.165) is 5.56 Å². The van der Waals surface area contributed by atoms with Gasteiger partial charge in [0.15, 0.2) is 0 Å². The average Bonchev–Trinajstić information content (AvgIpc) is 2.89. The van der Waals surface area contributed by atoms with Crippen LogP contribution in [0.1, 0.15) is 11.1 Å². The first-order chi connectivity index (χ1) is 12.0. The number of ether oxygens (including phenoxy) is 1. The van der Waals surface area contributed by atoms with E-state index >= 15 is 0 Å². The predicted octanol–water partition coefficient (Wildman–Crippen LogP) is 1.05. The van der Waals surface area contributed by atoms with Gasteiger partial charge in [0.1, 0.15) is 18.1 Å². The van der Waals surface area contributed by atoms with Gasteiger partial charge in [0.25, 0.3) is 10.0 Å². The molecule has 2 aromatic rings. The largest absolute Gasteiger partial charge is 0.496 e. The van der Waals surface area contributed by atoms with Crippen LogP contribution >= 0.6 is 0 Å². The van der Waals surface area contributed by atoms with Gasteiger partial charge in [-0.05, 0) is 18.2 Å². The van der Waals surface area contributed by atoms with Crippen LogP contribution in [0.5, 0.6) is 5.75 Å². The zero-order valence-corrected chi connectivity index (χ0v) is 14.3. The van der Waals surface area contributed by atoms with Crippen LogP contribution < -0.4 is 14.8 Å². The molecular formula is C17H17N3O4S. The number of methoxy groups -OCH3 is 1. The van der Waals surface area contributed by atoms with Crippen LogP contribution in [0.15, 0.2) is 58.4 Å². The number of hydrogen-bond acceptors (Lipinski definition) is 5. The van der Waals surface area contributed by atoms with Gasteiger partial charge in [-0.2, -0.15) is 0 Å². The molecule has 0 aromatic heterocycles. The summed E-state index contributed by atoms with van der Waals surface area (Å²) >= 11 is 0. The second-order valence-electron chi connectivity index (χ2n) is 5.36. The predicted molar refractivity (Wildman–Crippen MR) is 93.0 cm³/mol. The Morgan fingerprint density at radius 2 is 1.88 bits per heavy atom. The molecule has 8 heteroatoms. The summed E-state index contributed by atoms with van der Waals surface area (Å²) in [5, 5.41) is 2.74. The van der Waals surface area contributed by atoms with Crippen molar-refractivity contribution in [3.8, 4) is 5.75 Å². The Kier molecular flexibility index (Phi) is 4.71. The molecule has 0 fully saturated rings. The zero-order valence-electron chi connectivity index (χ0n) is 13.5. The Balaban J connectivity index is 1.66. The number of amidine groups is 1. The third-order valence-corrected chi connectivity index (χ3v) is 5.11. The summed E-state index contributed by atoms with van der Waals surface area (Å²) in [6.07, 6.45) is 0.